The zero-order valence-electron chi connectivity index (χ0n) is 11.7. The van der Waals surface area contributed by atoms with Gasteiger partial charge in [-0.15, -0.1) is 4.31 Å². The smallest absolute Gasteiger partial charge is 0.418 e. The van der Waals surface area contributed by atoms with Gasteiger partial charge in [-0.3, -0.25) is 0 Å². The van der Waals surface area contributed by atoms with E-state index in [-0.39, 0.29) is 11.1 Å². The Morgan fingerprint density at radius 3 is 1.68 bits per heavy atom. The highest BCUT2D eigenvalue weighted by molar-refractivity contribution is 7.94. The van der Waals surface area contributed by atoms with Crippen LogP contribution < -0.4 is 0 Å². The summed E-state index contributed by atoms with van der Waals surface area (Å²) in [5, 5.41) is 0. The largest absolute Gasteiger partial charge is 0.673 e. The van der Waals surface area contributed by atoms with Crippen molar-refractivity contribution in [3.05, 3.63) is 29.8 Å². The molecule has 0 amide bonds. The minimum absolute atomic E-state index is 0.254. The molecule has 1 unspecified atom stereocenters. The van der Waals surface area contributed by atoms with Gasteiger partial charge < -0.3 is 17.3 Å². The summed E-state index contributed by atoms with van der Waals surface area (Å²) in [5.74, 6) is 0. The summed E-state index contributed by atoms with van der Waals surface area (Å²) in [6.45, 7) is 8.84. The second-order valence-electron chi connectivity index (χ2n) is 3.90. The highest BCUT2D eigenvalue weighted by Crippen LogP contribution is 2.16. The molecule has 0 heterocycles. The van der Waals surface area contributed by atoms with Crippen molar-refractivity contribution in [1.82, 2.24) is 4.31 Å². The lowest BCUT2D eigenvalue weighted by molar-refractivity contribution is 0.368. The van der Waals surface area contributed by atoms with Crippen molar-refractivity contribution in [1.29, 1.82) is 0 Å². The fraction of sp³-hybridized carbons (Fsp3) is 0.500. The topological polar surface area (TPSA) is 3.24 Å². The van der Waals surface area contributed by atoms with E-state index in [1.165, 1.54) is 10.5 Å². The summed E-state index contributed by atoms with van der Waals surface area (Å²) in [4.78, 5) is 1.44. The highest BCUT2D eigenvalue weighted by atomic mass is 32.2. The number of halogens is 4. The lowest BCUT2D eigenvalue weighted by Gasteiger charge is -2.15. The summed E-state index contributed by atoms with van der Waals surface area (Å²) in [6, 6.07) is 8.89. The Morgan fingerprint density at radius 1 is 1.00 bits per heavy atom. The Labute approximate surface area is 115 Å². The third-order valence-electron chi connectivity index (χ3n) is 2.45. The summed E-state index contributed by atoms with van der Waals surface area (Å²) in [7, 11) is -6.00. The molecule has 7 heteroatoms. The van der Waals surface area contributed by atoms with Crippen molar-refractivity contribution >= 4 is 18.3 Å². The van der Waals surface area contributed by atoms with Crippen LogP contribution in [0.4, 0.5) is 17.3 Å². The number of hydrogen-bond acceptors (Lipinski definition) is 1. The molecule has 0 spiro atoms. The van der Waals surface area contributed by atoms with Gasteiger partial charge >= 0.3 is 7.25 Å². The van der Waals surface area contributed by atoms with Crippen LogP contribution in [0.15, 0.2) is 29.2 Å². The summed E-state index contributed by atoms with van der Waals surface area (Å²) >= 11 is 0.254. The number of hydrogen-bond donors (Lipinski definition) is 0. The van der Waals surface area contributed by atoms with E-state index in [4.69, 9.17) is 0 Å². The first-order valence-electron chi connectivity index (χ1n) is 6.04. The second-order valence-corrected chi connectivity index (χ2v) is 5.84. The van der Waals surface area contributed by atoms with E-state index < -0.39 is 7.25 Å². The molecule has 0 bridgehead atoms. The predicted molar refractivity (Wildman–Crippen MR) is 75.8 cm³/mol. The fourth-order valence-electron chi connectivity index (χ4n) is 1.50. The van der Waals surface area contributed by atoms with Crippen LogP contribution in [0.5, 0.6) is 0 Å². The number of rotatable bonds is 4. The summed E-state index contributed by atoms with van der Waals surface area (Å²) < 4.78 is 41.5. The van der Waals surface area contributed by atoms with E-state index in [1.54, 1.807) is 0 Å². The van der Waals surface area contributed by atoms with E-state index in [0.29, 0.717) is 0 Å². The van der Waals surface area contributed by atoms with Crippen LogP contribution in [0.25, 0.3) is 0 Å². The summed E-state index contributed by atoms with van der Waals surface area (Å²) in [6.07, 6.45) is 2.30. The molecule has 0 saturated carbocycles. The number of aryl methyl sites for hydroxylation is 1. The van der Waals surface area contributed by atoms with Crippen LogP contribution in [0.3, 0.4) is 0 Å². The lowest BCUT2D eigenvalue weighted by Crippen LogP contribution is -2.29. The minimum Gasteiger partial charge on any atom is -0.418 e. The van der Waals surface area contributed by atoms with Gasteiger partial charge in [0.15, 0.2) is 4.90 Å². The molecule has 1 nitrogen and oxygen atoms in total. The van der Waals surface area contributed by atoms with Crippen molar-refractivity contribution in [2.45, 2.75) is 25.7 Å². The third-order valence-corrected chi connectivity index (χ3v) is 4.70. The Balaban J connectivity index is 0.000000555. The number of nitrogens with zero attached hydrogens (tertiary/aromatic N) is 1. The van der Waals surface area contributed by atoms with Crippen molar-refractivity contribution in [3.63, 3.8) is 0 Å². The van der Waals surface area contributed by atoms with Crippen LogP contribution in [-0.2, 0) is 11.1 Å². The van der Waals surface area contributed by atoms with E-state index in [0.717, 1.165) is 13.1 Å². The molecule has 0 radical (unpaired) electrons. The molecule has 19 heavy (non-hydrogen) atoms. The zero-order valence-corrected chi connectivity index (χ0v) is 12.5. The average Bonchev–Trinajstić information content (AvgIpc) is 2.29. The van der Waals surface area contributed by atoms with Gasteiger partial charge in [-0.2, -0.15) is 0 Å². The molecule has 0 aliphatic heterocycles. The molecule has 0 aliphatic carbocycles. The van der Waals surface area contributed by atoms with Gasteiger partial charge in [-0.1, -0.05) is 17.7 Å². The third kappa shape index (κ3) is 8.94. The van der Waals surface area contributed by atoms with E-state index in [9.17, 15) is 17.3 Å². The van der Waals surface area contributed by atoms with Gasteiger partial charge in [0.1, 0.15) is 17.3 Å². The zero-order chi connectivity index (χ0) is 15.1. The van der Waals surface area contributed by atoms with Crippen LogP contribution in [-0.4, -0.2) is 30.9 Å². The first-order chi connectivity index (χ1) is 8.69. The second kappa shape index (κ2) is 8.48. The highest BCUT2D eigenvalue weighted by Gasteiger charge is 2.22. The molecule has 0 aliphatic rings. The Kier molecular flexibility index (Phi) is 8.17. The van der Waals surface area contributed by atoms with Crippen molar-refractivity contribution in [3.8, 4) is 0 Å². The molecule has 0 fully saturated rings. The molecule has 0 aromatic heterocycles. The number of benzene rings is 1. The first-order valence-corrected chi connectivity index (χ1v) is 7.63. The molecule has 0 N–H and O–H groups in total. The van der Waals surface area contributed by atoms with Gasteiger partial charge in [0.05, 0.1) is 0 Å². The molecule has 0 saturated heterocycles. The SMILES string of the molecule is CCN(CC)[S+](C)c1ccc(C)cc1.F[B-](F)(F)F. The Hall–Kier alpha value is -0.685. The maximum absolute atomic E-state index is 9.75. The lowest BCUT2D eigenvalue weighted by atomic mass is 10.2. The molecule has 1 rings (SSSR count). The van der Waals surface area contributed by atoms with Crippen molar-refractivity contribution in [2.24, 2.45) is 0 Å². The van der Waals surface area contributed by atoms with E-state index in [2.05, 4.69) is 55.6 Å². The standard InChI is InChI=1S/C12H20NS.BF4/c1-5-13(6-2)14(4)12-9-7-11(3)8-10-12;2-1(3,4)5/h7-10H,5-6H2,1-4H3;/q+1;-1. The van der Waals surface area contributed by atoms with Gasteiger partial charge in [0.2, 0.25) is 0 Å². The fourth-order valence-corrected chi connectivity index (χ4v) is 3.10. The quantitative estimate of drug-likeness (QED) is 0.458. The van der Waals surface area contributed by atoms with Crippen LogP contribution in [0.1, 0.15) is 19.4 Å². The van der Waals surface area contributed by atoms with Crippen molar-refractivity contribution < 1.29 is 17.3 Å². The van der Waals surface area contributed by atoms with Gasteiger partial charge in [0.25, 0.3) is 0 Å². The van der Waals surface area contributed by atoms with Crippen LogP contribution in [0.2, 0.25) is 0 Å². The summed E-state index contributed by atoms with van der Waals surface area (Å²) in [5.41, 5.74) is 1.34. The molecular weight excluding hydrogens is 277 g/mol. The molecule has 1 atom stereocenters. The normalized spacial score (nSPS) is 12.9. The molecular formula is C12H20BF4NS. The van der Waals surface area contributed by atoms with Gasteiger partial charge in [-0.05, 0) is 32.9 Å². The predicted octanol–water partition coefficient (Wildman–Crippen LogP) is 4.16. The Morgan fingerprint density at radius 2 is 1.37 bits per heavy atom. The Bertz CT molecular complexity index is 346. The van der Waals surface area contributed by atoms with Crippen LogP contribution >= 0.6 is 0 Å². The van der Waals surface area contributed by atoms with Crippen molar-refractivity contribution in [2.75, 3.05) is 19.3 Å². The maximum Gasteiger partial charge on any atom is 0.673 e. The first kappa shape index (κ1) is 18.3. The average molecular weight is 297 g/mol. The molecule has 1 aromatic carbocycles. The molecule has 110 valence electrons. The van der Waals surface area contributed by atoms with E-state index >= 15 is 0 Å². The monoisotopic (exact) mass is 297 g/mol. The maximum atomic E-state index is 9.75. The molecule has 1 aromatic rings. The van der Waals surface area contributed by atoms with Crippen LogP contribution in [0, 0.1) is 6.92 Å². The van der Waals surface area contributed by atoms with Gasteiger partial charge in [-0.25, -0.2) is 0 Å². The van der Waals surface area contributed by atoms with E-state index in [1.807, 2.05) is 0 Å². The minimum atomic E-state index is -6.00. The van der Waals surface area contributed by atoms with Gasteiger partial charge in [0, 0.05) is 13.1 Å².